The molecule has 1 aliphatic rings. The average Bonchev–Trinajstić information content (AvgIpc) is 3.12. The molecule has 2 N–H and O–H groups in total. The monoisotopic (exact) mass is 457 g/mol. The van der Waals surface area contributed by atoms with Crippen molar-refractivity contribution >= 4 is 45.3 Å². The number of rotatable bonds is 6. The van der Waals surface area contributed by atoms with E-state index >= 15 is 0 Å². The molecule has 2 atom stereocenters. The second-order valence-electron chi connectivity index (χ2n) is 5.69. The van der Waals surface area contributed by atoms with Crippen LogP contribution in [0.1, 0.15) is 16.5 Å². The molecule has 0 spiro atoms. The van der Waals surface area contributed by atoms with Crippen molar-refractivity contribution < 1.29 is 19.4 Å². The van der Waals surface area contributed by atoms with Gasteiger partial charge < -0.3 is 14.6 Å². The van der Waals surface area contributed by atoms with Gasteiger partial charge in [-0.2, -0.15) is 0 Å². The molecule has 0 unspecified atom stereocenters. The van der Waals surface area contributed by atoms with Crippen LogP contribution in [0.4, 0.5) is 0 Å². The maximum atomic E-state index is 11.1. The van der Waals surface area contributed by atoms with Crippen molar-refractivity contribution in [2.75, 3.05) is 12.9 Å². The second kappa shape index (κ2) is 8.52. The van der Waals surface area contributed by atoms with Crippen LogP contribution in [0.5, 0.6) is 11.5 Å². The van der Waals surface area contributed by atoms with Gasteiger partial charge in [-0.1, -0.05) is 29.8 Å². The largest absolute Gasteiger partial charge is 0.493 e. The minimum atomic E-state index is -0.842. The molecule has 3 rings (SSSR count). The average molecular weight is 459 g/mol. The van der Waals surface area contributed by atoms with Crippen molar-refractivity contribution in [3.05, 3.63) is 57.0 Å². The maximum absolute atomic E-state index is 11.1. The summed E-state index contributed by atoms with van der Waals surface area (Å²) in [6.07, 6.45) is 0. The Labute approximate surface area is 169 Å². The molecular weight excluding hydrogens is 442 g/mol. The van der Waals surface area contributed by atoms with E-state index in [4.69, 9.17) is 26.2 Å². The number of aliphatic carboxylic acids is 1. The van der Waals surface area contributed by atoms with Crippen LogP contribution >= 0.6 is 39.3 Å². The Hall–Kier alpha value is -1.41. The number of thioether (sulfide) groups is 1. The van der Waals surface area contributed by atoms with E-state index in [-0.39, 0.29) is 5.37 Å². The Balaban J connectivity index is 1.79. The highest BCUT2D eigenvalue weighted by Crippen LogP contribution is 2.42. The van der Waals surface area contributed by atoms with E-state index in [1.54, 1.807) is 18.9 Å². The summed E-state index contributed by atoms with van der Waals surface area (Å²) in [5.74, 6) is 0.826. The number of carbonyl (C=O) groups is 1. The van der Waals surface area contributed by atoms with Crippen LogP contribution in [-0.2, 0) is 11.4 Å². The van der Waals surface area contributed by atoms with Gasteiger partial charge >= 0.3 is 5.97 Å². The quantitative estimate of drug-likeness (QED) is 0.665. The number of carboxylic acids is 1. The van der Waals surface area contributed by atoms with Gasteiger partial charge in [-0.15, -0.1) is 11.8 Å². The molecule has 1 fully saturated rings. The van der Waals surface area contributed by atoms with E-state index in [0.717, 1.165) is 15.6 Å². The van der Waals surface area contributed by atoms with Gasteiger partial charge in [0, 0.05) is 16.3 Å². The Bertz CT molecular complexity index is 820. The fraction of sp³-hybridized carbons (Fsp3) is 0.278. The third-order valence-electron chi connectivity index (χ3n) is 3.96. The number of hydrogen-bond acceptors (Lipinski definition) is 5. The van der Waals surface area contributed by atoms with Gasteiger partial charge in [-0.3, -0.25) is 10.1 Å². The first kappa shape index (κ1) is 19.4. The van der Waals surface area contributed by atoms with Gasteiger partial charge in [0.25, 0.3) is 0 Å². The van der Waals surface area contributed by atoms with Crippen molar-refractivity contribution in [1.82, 2.24) is 5.32 Å². The van der Waals surface area contributed by atoms with Crippen LogP contribution in [0.15, 0.2) is 40.9 Å². The minimum absolute atomic E-state index is 0.112. The molecule has 0 bridgehead atoms. The molecule has 2 aromatic carbocycles. The highest BCUT2D eigenvalue weighted by Gasteiger charge is 2.31. The lowest BCUT2D eigenvalue weighted by Gasteiger charge is -2.17. The number of nitrogens with one attached hydrogen (secondary N) is 1. The summed E-state index contributed by atoms with van der Waals surface area (Å²) in [4.78, 5) is 11.1. The van der Waals surface area contributed by atoms with Crippen molar-refractivity contribution in [3.8, 4) is 11.5 Å². The molecule has 0 aliphatic carbocycles. The predicted molar refractivity (Wildman–Crippen MR) is 106 cm³/mol. The summed E-state index contributed by atoms with van der Waals surface area (Å²) in [7, 11) is 1.57. The van der Waals surface area contributed by atoms with E-state index < -0.39 is 12.0 Å². The zero-order valence-electron chi connectivity index (χ0n) is 13.9. The van der Waals surface area contributed by atoms with Crippen LogP contribution in [-0.4, -0.2) is 30.0 Å². The molecule has 26 heavy (non-hydrogen) atoms. The molecule has 0 aromatic heterocycles. The first-order chi connectivity index (χ1) is 12.5. The zero-order chi connectivity index (χ0) is 18.7. The number of methoxy groups -OCH3 is 1. The molecule has 8 heteroatoms. The normalized spacial score (nSPS) is 19.3. The van der Waals surface area contributed by atoms with Crippen LogP contribution in [0.25, 0.3) is 0 Å². The van der Waals surface area contributed by atoms with Gasteiger partial charge in [-0.05, 0) is 39.7 Å². The second-order valence-corrected chi connectivity index (χ2v) is 8.08. The highest BCUT2D eigenvalue weighted by molar-refractivity contribution is 9.10. The van der Waals surface area contributed by atoms with Crippen LogP contribution < -0.4 is 14.8 Å². The lowest BCUT2D eigenvalue weighted by molar-refractivity contribution is -0.138. The SMILES string of the molecule is COc1cc([C@H]2N[C@H](C(=O)O)CS2)cc(Br)c1OCc1ccccc1Cl. The smallest absolute Gasteiger partial charge is 0.321 e. The first-order valence-electron chi connectivity index (χ1n) is 7.83. The Morgan fingerprint density at radius 3 is 2.85 bits per heavy atom. The van der Waals surface area contributed by atoms with E-state index in [1.807, 2.05) is 36.4 Å². The fourth-order valence-corrected chi connectivity index (χ4v) is 4.58. The summed E-state index contributed by atoms with van der Waals surface area (Å²) in [5.41, 5.74) is 1.80. The maximum Gasteiger partial charge on any atom is 0.321 e. The van der Waals surface area contributed by atoms with Crippen molar-refractivity contribution in [3.63, 3.8) is 0 Å². The summed E-state index contributed by atoms with van der Waals surface area (Å²) in [5, 5.41) is 12.8. The molecule has 0 radical (unpaired) electrons. The van der Waals surface area contributed by atoms with Gasteiger partial charge in [0.15, 0.2) is 11.5 Å². The Kier molecular flexibility index (Phi) is 6.34. The molecule has 138 valence electrons. The predicted octanol–water partition coefficient (Wildman–Crippen LogP) is 4.48. The standard InChI is InChI=1S/C18H17BrClNO4S/c1-24-15-7-11(17-21-14(9-26-17)18(22)23)6-12(19)16(15)25-8-10-4-2-3-5-13(10)20/h2-7,14,17,21H,8-9H2,1H3,(H,22,23)/t14-,17-/m0/s1. The van der Waals surface area contributed by atoms with Gasteiger partial charge in [0.2, 0.25) is 0 Å². The number of carboxylic acid groups (broad SMARTS) is 1. The number of ether oxygens (including phenoxy) is 2. The summed E-state index contributed by atoms with van der Waals surface area (Å²) in [6, 6.07) is 10.7. The molecular formula is C18H17BrClNO4S. The van der Waals surface area contributed by atoms with Crippen molar-refractivity contribution in [1.29, 1.82) is 0 Å². The van der Waals surface area contributed by atoms with Gasteiger partial charge in [-0.25, -0.2) is 0 Å². The number of halogens is 2. The van der Waals surface area contributed by atoms with Crippen molar-refractivity contribution in [2.45, 2.75) is 18.0 Å². The number of hydrogen-bond donors (Lipinski definition) is 2. The molecule has 2 aromatic rings. The third kappa shape index (κ3) is 4.28. The number of benzene rings is 2. The molecule has 1 heterocycles. The summed E-state index contributed by atoms with van der Waals surface area (Å²) >= 11 is 11.3. The Morgan fingerprint density at radius 1 is 1.42 bits per heavy atom. The van der Waals surface area contributed by atoms with E-state index in [9.17, 15) is 4.79 Å². The van der Waals surface area contributed by atoms with Crippen LogP contribution in [0.3, 0.4) is 0 Å². The van der Waals surface area contributed by atoms with Crippen LogP contribution in [0, 0.1) is 0 Å². The molecule has 1 aliphatic heterocycles. The zero-order valence-corrected chi connectivity index (χ0v) is 17.0. The summed E-state index contributed by atoms with van der Waals surface area (Å²) < 4.78 is 12.1. The molecule has 0 amide bonds. The fourth-order valence-electron chi connectivity index (χ4n) is 2.60. The van der Waals surface area contributed by atoms with E-state index in [0.29, 0.717) is 28.9 Å². The lowest BCUT2D eigenvalue weighted by Crippen LogP contribution is -2.33. The van der Waals surface area contributed by atoms with E-state index in [1.165, 1.54) is 0 Å². The molecule has 0 saturated carbocycles. The third-order valence-corrected chi connectivity index (χ3v) is 6.19. The summed E-state index contributed by atoms with van der Waals surface area (Å²) in [6.45, 7) is 0.311. The Morgan fingerprint density at radius 2 is 2.19 bits per heavy atom. The molecule has 1 saturated heterocycles. The van der Waals surface area contributed by atoms with Crippen LogP contribution in [0.2, 0.25) is 5.02 Å². The van der Waals surface area contributed by atoms with Gasteiger partial charge in [0.1, 0.15) is 12.6 Å². The minimum Gasteiger partial charge on any atom is -0.493 e. The van der Waals surface area contributed by atoms with Crippen molar-refractivity contribution in [2.24, 2.45) is 0 Å². The van der Waals surface area contributed by atoms with Gasteiger partial charge in [0.05, 0.1) is 17.0 Å². The van der Waals surface area contributed by atoms with E-state index in [2.05, 4.69) is 21.2 Å². The molecule has 5 nitrogen and oxygen atoms in total. The highest BCUT2D eigenvalue weighted by atomic mass is 79.9. The first-order valence-corrected chi connectivity index (χ1v) is 10.1. The topological polar surface area (TPSA) is 67.8 Å². The lowest BCUT2D eigenvalue weighted by atomic mass is 10.2.